The monoisotopic (exact) mass is 250 g/mol. The second kappa shape index (κ2) is 5.12. The number of amides is 1. The van der Waals surface area contributed by atoms with E-state index in [1.807, 2.05) is 6.07 Å². The number of rotatable bonds is 2. The van der Waals surface area contributed by atoms with Crippen molar-refractivity contribution in [2.75, 3.05) is 30.3 Å². The summed E-state index contributed by atoms with van der Waals surface area (Å²) in [4.78, 5) is 18.7. The van der Waals surface area contributed by atoms with Gasteiger partial charge in [-0.25, -0.2) is 9.78 Å². The second-order valence-corrected chi connectivity index (χ2v) is 4.43. The minimum absolute atomic E-state index is 0.195. The number of piperazine rings is 1. The molecular weight excluding hydrogens is 232 g/mol. The van der Waals surface area contributed by atoms with Gasteiger partial charge in [0.05, 0.1) is 11.9 Å². The highest BCUT2D eigenvalue weighted by molar-refractivity contribution is 5.65. The number of carbonyl (C=O) groups is 1. The number of pyridine rings is 1. The smallest absolute Gasteiger partial charge is 0.407 e. The van der Waals surface area contributed by atoms with Crippen molar-refractivity contribution < 1.29 is 9.90 Å². The van der Waals surface area contributed by atoms with E-state index in [-0.39, 0.29) is 6.04 Å². The van der Waals surface area contributed by atoms with Crippen molar-refractivity contribution >= 4 is 17.6 Å². The highest BCUT2D eigenvalue weighted by Gasteiger charge is 2.28. The fraction of sp³-hybridized carbons (Fsp3) is 0.500. The number of carboxylic acid groups (broad SMARTS) is 1. The maximum atomic E-state index is 11.0. The van der Waals surface area contributed by atoms with Gasteiger partial charge in [0.1, 0.15) is 5.82 Å². The van der Waals surface area contributed by atoms with Crippen LogP contribution < -0.4 is 10.6 Å². The third-order valence-corrected chi connectivity index (χ3v) is 3.33. The molecule has 2 heterocycles. The quantitative estimate of drug-likeness (QED) is 0.825. The molecule has 1 aliphatic rings. The first-order valence-electron chi connectivity index (χ1n) is 6.08. The van der Waals surface area contributed by atoms with Crippen molar-refractivity contribution in [2.45, 2.75) is 19.4 Å². The number of hydrogen-bond donors (Lipinski definition) is 2. The van der Waals surface area contributed by atoms with Gasteiger partial charge < -0.3 is 20.6 Å². The van der Waals surface area contributed by atoms with Crippen molar-refractivity contribution in [2.24, 2.45) is 0 Å². The molecule has 1 amide bonds. The summed E-state index contributed by atoms with van der Waals surface area (Å²) in [5, 5.41) is 9.02. The van der Waals surface area contributed by atoms with Gasteiger partial charge >= 0.3 is 6.09 Å². The highest BCUT2D eigenvalue weighted by atomic mass is 16.4. The van der Waals surface area contributed by atoms with Crippen molar-refractivity contribution in [3.8, 4) is 0 Å². The third kappa shape index (κ3) is 2.47. The molecule has 0 aliphatic carbocycles. The number of nitrogen functional groups attached to an aromatic ring is 1. The molecule has 0 saturated carbocycles. The predicted octanol–water partition coefficient (Wildman–Crippen LogP) is 1.24. The third-order valence-electron chi connectivity index (χ3n) is 3.33. The van der Waals surface area contributed by atoms with Crippen LogP contribution in [0.4, 0.5) is 16.3 Å². The molecule has 1 saturated heterocycles. The number of anilines is 2. The zero-order valence-corrected chi connectivity index (χ0v) is 10.4. The van der Waals surface area contributed by atoms with E-state index < -0.39 is 6.09 Å². The summed E-state index contributed by atoms with van der Waals surface area (Å²) >= 11 is 0. The number of hydrogen-bond acceptors (Lipinski definition) is 4. The first-order chi connectivity index (χ1) is 8.61. The van der Waals surface area contributed by atoms with Crippen LogP contribution in [0.2, 0.25) is 0 Å². The fourth-order valence-corrected chi connectivity index (χ4v) is 2.29. The minimum Gasteiger partial charge on any atom is -0.465 e. The molecule has 0 bridgehead atoms. The summed E-state index contributed by atoms with van der Waals surface area (Å²) in [5.74, 6) is 0.496. The SMILES string of the molecule is CC[C@H]1CN(C(=O)O)CCN1c1ccc(N)nc1. The van der Waals surface area contributed by atoms with Gasteiger partial charge in [-0.2, -0.15) is 0 Å². The molecule has 3 N–H and O–H groups in total. The normalized spacial score (nSPS) is 19.9. The van der Waals surface area contributed by atoms with Crippen LogP contribution in [0.25, 0.3) is 0 Å². The largest absolute Gasteiger partial charge is 0.465 e. The van der Waals surface area contributed by atoms with Crippen LogP contribution in [0, 0.1) is 0 Å². The van der Waals surface area contributed by atoms with Crippen molar-refractivity contribution in [1.29, 1.82) is 0 Å². The summed E-state index contributed by atoms with van der Waals surface area (Å²) in [5.41, 5.74) is 6.57. The standard InChI is InChI=1S/C12H18N4O2/c1-2-9-8-15(12(17)18)5-6-16(9)10-3-4-11(13)14-7-10/h3-4,7,9H,2,5-6,8H2,1H3,(H2,13,14)(H,17,18)/t9-/m0/s1. The van der Waals surface area contributed by atoms with E-state index in [0.29, 0.717) is 25.5 Å². The first kappa shape index (κ1) is 12.5. The summed E-state index contributed by atoms with van der Waals surface area (Å²) in [6.45, 7) is 3.82. The molecule has 0 unspecified atom stereocenters. The zero-order valence-electron chi connectivity index (χ0n) is 10.4. The Balaban J connectivity index is 2.14. The van der Waals surface area contributed by atoms with Crippen molar-refractivity contribution in [1.82, 2.24) is 9.88 Å². The van der Waals surface area contributed by atoms with Crippen LogP contribution in [0.5, 0.6) is 0 Å². The number of aromatic nitrogens is 1. The topological polar surface area (TPSA) is 82.7 Å². The van der Waals surface area contributed by atoms with E-state index in [9.17, 15) is 4.79 Å². The maximum Gasteiger partial charge on any atom is 0.407 e. The lowest BCUT2D eigenvalue weighted by atomic mass is 10.1. The molecule has 1 atom stereocenters. The lowest BCUT2D eigenvalue weighted by Gasteiger charge is -2.41. The first-order valence-corrected chi connectivity index (χ1v) is 6.08. The molecule has 18 heavy (non-hydrogen) atoms. The van der Waals surface area contributed by atoms with E-state index in [2.05, 4.69) is 16.8 Å². The van der Waals surface area contributed by atoms with Gasteiger partial charge in [-0.3, -0.25) is 0 Å². The Bertz CT molecular complexity index is 421. The number of nitrogens with zero attached hydrogens (tertiary/aromatic N) is 3. The fourth-order valence-electron chi connectivity index (χ4n) is 2.29. The van der Waals surface area contributed by atoms with Gasteiger partial charge in [0.25, 0.3) is 0 Å². The van der Waals surface area contributed by atoms with Crippen LogP contribution in [0.1, 0.15) is 13.3 Å². The molecule has 0 aromatic carbocycles. The molecular formula is C12H18N4O2. The van der Waals surface area contributed by atoms with Crippen LogP contribution >= 0.6 is 0 Å². The second-order valence-electron chi connectivity index (χ2n) is 4.43. The Morgan fingerprint density at radius 2 is 2.33 bits per heavy atom. The average Bonchev–Trinajstić information content (AvgIpc) is 2.39. The van der Waals surface area contributed by atoms with Crippen LogP contribution in [-0.4, -0.2) is 46.8 Å². The lowest BCUT2D eigenvalue weighted by Crippen LogP contribution is -2.54. The molecule has 6 heteroatoms. The minimum atomic E-state index is -0.844. The molecule has 1 aromatic rings. The Hall–Kier alpha value is -1.98. The van der Waals surface area contributed by atoms with E-state index in [4.69, 9.17) is 10.8 Å². The Morgan fingerprint density at radius 3 is 2.89 bits per heavy atom. The molecule has 1 fully saturated rings. The number of nitrogens with two attached hydrogens (primary N) is 1. The lowest BCUT2D eigenvalue weighted by molar-refractivity contribution is 0.134. The molecule has 1 aliphatic heterocycles. The van der Waals surface area contributed by atoms with Gasteiger partial charge in [-0.1, -0.05) is 6.92 Å². The molecule has 6 nitrogen and oxygen atoms in total. The summed E-state index contributed by atoms with van der Waals surface area (Å²) in [6, 6.07) is 3.90. The van der Waals surface area contributed by atoms with Gasteiger partial charge in [0.15, 0.2) is 0 Å². The van der Waals surface area contributed by atoms with Crippen LogP contribution in [-0.2, 0) is 0 Å². The zero-order chi connectivity index (χ0) is 13.1. The summed E-state index contributed by atoms with van der Waals surface area (Å²) in [6.07, 6.45) is 1.80. The summed E-state index contributed by atoms with van der Waals surface area (Å²) < 4.78 is 0. The van der Waals surface area contributed by atoms with E-state index in [1.54, 1.807) is 12.3 Å². The van der Waals surface area contributed by atoms with Gasteiger partial charge in [-0.15, -0.1) is 0 Å². The van der Waals surface area contributed by atoms with Gasteiger partial charge in [-0.05, 0) is 18.6 Å². The van der Waals surface area contributed by atoms with Crippen LogP contribution in [0.3, 0.4) is 0 Å². The Labute approximate surface area is 106 Å². The van der Waals surface area contributed by atoms with Gasteiger partial charge in [0, 0.05) is 25.7 Å². The van der Waals surface area contributed by atoms with Crippen molar-refractivity contribution in [3.63, 3.8) is 0 Å². The summed E-state index contributed by atoms with van der Waals surface area (Å²) in [7, 11) is 0. The van der Waals surface area contributed by atoms with E-state index in [0.717, 1.165) is 12.1 Å². The molecule has 0 spiro atoms. The van der Waals surface area contributed by atoms with Crippen LogP contribution in [0.15, 0.2) is 18.3 Å². The molecule has 98 valence electrons. The Morgan fingerprint density at radius 1 is 1.56 bits per heavy atom. The van der Waals surface area contributed by atoms with E-state index in [1.165, 1.54) is 4.90 Å². The van der Waals surface area contributed by atoms with Gasteiger partial charge in [0.2, 0.25) is 0 Å². The van der Waals surface area contributed by atoms with E-state index >= 15 is 0 Å². The molecule has 2 rings (SSSR count). The Kier molecular flexibility index (Phi) is 3.55. The molecule has 0 radical (unpaired) electrons. The molecule has 1 aromatic heterocycles. The average molecular weight is 250 g/mol. The maximum absolute atomic E-state index is 11.0. The van der Waals surface area contributed by atoms with Crippen molar-refractivity contribution in [3.05, 3.63) is 18.3 Å². The predicted molar refractivity (Wildman–Crippen MR) is 69.7 cm³/mol. The highest BCUT2D eigenvalue weighted by Crippen LogP contribution is 2.22.